The Labute approximate surface area is 103 Å². The van der Waals surface area contributed by atoms with Crippen molar-refractivity contribution in [1.29, 1.82) is 0 Å². The van der Waals surface area contributed by atoms with Gasteiger partial charge in [-0.2, -0.15) is 0 Å². The van der Waals surface area contributed by atoms with Gasteiger partial charge in [-0.15, -0.1) is 0 Å². The van der Waals surface area contributed by atoms with E-state index in [0.717, 1.165) is 24.8 Å². The van der Waals surface area contributed by atoms with Crippen LogP contribution < -0.4 is 0 Å². The van der Waals surface area contributed by atoms with Crippen LogP contribution in [0.1, 0.15) is 40.5 Å². The molecule has 0 amide bonds. The summed E-state index contributed by atoms with van der Waals surface area (Å²) >= 11 is 3.57. The molecule has 0 heterocycles. The molecular weight excluding hydrogens is 256 g/mol. The lowest BCUT2D eigenvalue weighted by molar-refractivity contribution is -0.00749. The van der Waals surface area contributed by atoms with Gasteiger partial charge in [0.2, 0.25) is 0 Å². The van der Waals surface area contributed by atoms with Gasteiger partial charge in [-0.1, -0.05) is 29.8 Å². The molecule has 0 fully saturated rings. The Balaban J connectivity index is 3.63. The van der Waals surface area contributed by atoms with Crippen molar-refractivity contribution in [2.45, 2.75) is 46.6 Å². The third-order valence-electron chi connectivity index (χ3n) is 2.87. The Bertz CT molecular complexity index is 136. The molecule has 92 valence electrons. The van der Waals surface area contributed by atoms with Crippen LogP contribution in [0.25, 0.3) is 0 Å². The second kappa shape index (κ2) is 8.54. The Morgan fingerprint density at radius 2 is 1.73 bits per heavy atom. The lowest BCUT2D eigenvalue weighted by atomic mass is 9.86. The van der Waals surface area contributed by atoms with E-state index in [4.69, 9.17) is 9.47 Å². The van der Waals surface area contributed by atoms with Gasteiger partial charge in [-0.05, 0) is 26.7 Å². The summed E-state index contributed by atoms with van der Waals surface area (Å²) in [6, 6.07) is 0. The normalized spacial score (nSPS) is 12.4. The molecule has 0 aliphatic rings. The summed E-state index contributed by atoms with van der Waals surface area (Å²) < 4.78 is 11.1. The SMILES string of the molecule is CCC(CC)(CBr)COCCOC(C)C. The number of halogens is 1. The Morgan fingerprint density at radius 3 is 2.13 bits per heavy atom. The third kappa shape index (κ3) is 6.54. The van der Waals surface area contributed by atoms with E-state index in [9.17, 15) is 0 Å². The molecule has 0 spiro atoms. The molecule has 15 heavy (non-hydrogen) atoms. The van der Waals surface area contributed by atoms with E-state index in [-0.39, 0.29) is 0 Å². The highest BCUT2D eigenvalue weighted by Crippen LogP contribution is 2.28. The van der Waals surface area contributed by atoms with Crippen LogP contribution in [0.4, 0.5) is 0 Å². The van der Waals surface area contributed by atoms with Crippen molar-refractivity contribution in [3.05, 3.63) is 0 Å². The van der Waals surface area contributed by atoms with Crippen LogP contribution in [0.15, 0.2) is 0 Å². The third-order valence-corrected chi connectivity index (χ3v) is 4.06. The lowest BCUT2D eigenvalue weighted by Gasteiger charge is -2.29. The van der Waals surface area contributed by atoms with Crippen molar-refractivity contribution < 1.29 is 9.47 Å². The summed E-state index contributed by atoms with van der Waals surface area (Å²) in [4.78, 5) is 0. The molecular formula is C12H25BrO2. The highest BCUT2D eigenvalue weighted by Gasteiger charge is 2.24. The number of hydrogen-bond donors (Lipinski definition) is 0. The summed E-state index contributed by atoms with van der Waals surface area (Å²) in [7, 11) is 0. The first-order chi connectivity index (χ1) is 7.10. The van der Waals surface area contributed by atoms with E-state index in [1.54, 1.807) is 0 Å². The van der Waals surface area contributed by atoms with Crippen LogP contribution >= 0.6 is 15.9 Å². The molecule has 0 unspecified atom stereocenters. The number of hydrogen-bond acceptors (Lipinski definition) is 2. The molecule has 0 atom stereocenters. The molecule has 0 aromatic carbocycles. The standard InChI is InChI=1S/C12H25BrO2/c1-5-12(6-2,9-13)10-14-7-8-15-11(3)4/h11H,5-10H2,1-4H3. The Kier molecular flexibility index (Phi) is 8.77. The van der Waals surface area contributed by atoms with Crippen molar-refractivity contribution in [2.24, 2.45) is 5.41 Å². The first kappa shape index (κ1) is 15.4. The average molecular weight is 281 g/mol. The van der Waals surface area contributed by atoms with E-state index < -0.39 is 0 Å². The predicted octanol–water partition coefficient (Wildman–Crippen LogP) is 3.63. The van der Waals surface area contributed by atoms with Gasteiger partial charge in [0.1, 0.15) is 0 Å². The molecule has 0 aliphatic heterocycles. The zero-order valence-electron chi connectivity index (χ0n) is 10.5. The molecule has 0 aromatic rings. The van der Waals surface area contributed by atoms with Gasteiger partial charge in [0.15, 0.2) is 0 Å². The molecule has 0 bridgehead atoms. The minimum absolute atomic E-state index is 0.298. The van der Waals surface area contributed by atoms with Crippen LogP contribution in [-0.4, -0.2) is 31.3 Å². The average Bonchev–Trinajstić information content (AvgIpc) is 2.24. The molecule has 0 radical (unpaired) electrons. The zero-order valence-corrected chi connectivity index (χ0v) is 12.1. The van der Waals surface area contributed by atoms with Crippen LogP contribution in [0.2, 0.25) is 0 Å². The zero-order chi connectivity index (χ0) is 11.7. The van der Waals surface area contributed by atoms with Gasteiger partial charge in [-0.25, -0.2) is 0 Å². The fourth-order valence-corrected chi connectivity index (χ4v) is 2.27. The summed E-state index contributed by atoms with van der Waals surface area (Å²) in [5, 5.41) is 1.01. The quantitative estimate of drug-likeness (QED) is 0.474. The van der Waals surface area contributed by atoms with Gasteiger partial charge >= 0.3 is 0 Å². The van der Waals surface area contributed by atoms with Crippen molar-refractivity contribution in [3.8, 4) is 0 Å². The molecule has 0 saturated carbocycles. The summed E-state index contributed by atoms with van der Waals surface area (Å²) in [6.45, 7) is 10.8. The van der Waals surface area contributed by atoms with Gasteiger partial charge in [0.25, 0.3) is 0 Å². The maximum absolute atomic E-state index is 5.67. The first-order valence-corrected chi connectivity index (χ1v) is 6.97. The number of ether oxygens (including phenoxy) is 2. The Morgan fingerprint density at radius 1 is 1.13 bits per heavy atom. The molecule has 0 saturated heterocycles. The summed E-state index contributed by atoms with van der Waals surface area (Å²) in [5.74, 6) is 0. The van der Waals surface area contributed by atoms with Crippen molar-refractivity contribution in [1.82, 2.24) is 0 Å². The van der Waals surface area contributed by atoms with Crippen molar-refractivity contribution in [2.75, 3.05) is 25.2 Å². The largest absolute Gasteiger partial charge is 0.378 e. The van der Waals surface area contributed by atoms with Crippen molar-refractivity contribution >= 4 is 15.9 Å². The molecule has 0 rings (SSSR count). The van der Waals surface area contributed by atoms with Crippen LogP contribution in [0.3, 0.4) is 0 Å². The van der Waals surface area contributed by atoms with Crippen LogP contribution in [-0.2, 0) is 9.47 Å². The number of alkyl halides is 1. The topological polar surface area (TPSA) is 18.5 Å². The molecule has 0 aliphatic carbocycles. The van der Waals surface area contributed by atoms with E-state index in [1.165, 1.54) is 0 Å². The number of rotatable bonds is 9. The Hall–Kier alpha value is 0.400. The highest BCUT2D eigenvalue weighted by molar-refractivity contribution is 9.09. The fraction of sp³-hybridized carbons (Fsp3) is 1.00. The van der Waals surface area contributed by atoms with Gasteiger partial charge in [0, 0.05) is 10.7 Å². The van der Waals surface area contributed by atoms with Crippen LogP contribution in [0, 0.1) is 5.41 Å². The summed E-state index contributed by atoms with van der Waals surface area (Å²) in [6.07, 6.45) is 2.60. The van der Waals surface area contributed by atoms with E-state index >= 15 is 0 Å². The second-order valence-corrected chi connectivity index (χ2v) is 4.87. The first-order valence-electron chi connectivity index (χ1n) is 5.85. The highest BCUT2D eigenvalue weighted by atomic mass is 79.9. The van der Waals surface area contributed by atoms with Gasteiger partial charge in [0.05, 0.1) is 25.9 Å². The maximum atomic E-state index is 5.67. The predicted molar refractivity (Wildman–Crippen MR) is 68.7 cm³/mol. The van der Waals surface area contributed by atoms with Crippen molar-refractivity contribution in [3.63, 3.8) is 0 Å². The smallest absolute Gasteiger partial charge is 0.0703 e. The monoisotopic (exact) mass is 280 g/mol. The minimum Gasteiger partial charge on any atom is -0.378 e. The van der Waals surface area contributed by atoms with Gasteiger partial charge in [-0.3, -0.25) is 0 Å². The van der Waals surface area contributed by atoms with E-state index in [0.29, 0.717) is 24.7 Å². The second-order valence-electron chi connectivity index (χ2n) is 4.31. The lowest BCUT2D eigenvalue weighted by Crippen LogP contribution is -2.28. The molecule has 0 N–H and O–H groups in total. The molecule has 2 nitrogen and oxygen atoms in total. The van der Waals surface area contributed by atoms with E-state index in [2.05, 4.69) is 29.8 Å². The summed E-state index contributed by atoms with van der Waals surface area (Å²) in [5.41, 5.74) is 0.303. The molecule has 0 aromatic heterocycles. The van der Waals surface area contributed by atoms with Gasteiger partial charge < -0.3 is 9.47 Å². The fourth-order valence-electron chi connectivity index (χ4n) is 1.31. The maximum Gasteiger partial charge on any atom is 0.0703 e. The minimum atomic E-state index is 0.298. The van der Waals surface area contributed by atoms with Crippen LogP contribution in [0.5, 0.6) is 0 Å². The molecule has 3 heteroatoms. The van der Waals surface area contributed by atoms with E-state index in [1.807, 2.05) is 13.8 Å².